The SMILES string of the molecule is Cc1cc(NC(=O)O)c[nH]c1=O. The number of aromatic nitrogens is 1. The number of amides is 1. The number of rotatable bonds is 1. The molecule has 0 fully saturated rings. The minimum Gasteiger partial charge on any atom is -0.465 e. The summed E-state index contributed by atoms with van der Waals surface area (Å²) >= 11 is 0. The van der Waals surface area contributed by atoms with Gasteiger partial charge in [0, 0.05) is 11.8 Å². The molecule has 1 aromatic heterocycles. The van der Waals surface area contributed by atoms with Crippen LogP contribution in [0.15, 0.2) is 17.1 Å². The van der Waals surface area contributed by atoms with Crippen LogP contribution in [0.5, 0.6) is 0 Å². The van der Waals surface area contributed by atoms with E-state index in [0.29, 0.717) is 11.3 Å². The van der Waals surface area contributed by atoms with Crippen LogP contribution in [0.4, 0.5) is 10.5 Å². The molecule has 64 valence electrons. The third kappa shape index (κ3) is 1.85. The zero-order valence-corrected chi connectivity index (χ0v) is 6.42. The Hall–Kier alpha value is -1.78. The average Bonchev–Trinajstić information content (AvgIpc) is 1.96. The summed E-state index contributed by atoms with van der Waals surface area (Å²) in [6, 6.07) is 1.47. The molecule has 0 unspecified atom stereocenters. The molecule has 1 rings (SSSR count). The Balaban J connectivity index is 2.97. The van der Waals surface area contributed by atoms with Crippen molar-refractivity contribution >= 4 is 11.8 Å². The molecule has 0 aliphatic heterocycles. The van der Waals surface area contributed by atoms with Crippen LogP contribution in [0.3, 0.4) is 0 Å². The van der Waals surface area contributed by atoms with Gasteiger partial charge in [-0.2, -0.15) is 0 Å². The van der Waals surface area contributed by atoms with Gasteiger partial charge in [0.1, 0.15) is 0 Å². The maximum Gasteiger partial charge on any atom is 0.409 e. The first-order valence-corrected chi connectivity index (χ1v) is 3.29. The number of aryl methyl sites for hydroxylation is 1. The van der Waals surface area contributed by atoms with Gasteiger partial charge in [0.15, 0.2) is 0 Å². The molecule has 0 bridgehead atoms. The van der Waals surface area contributed by atoms with E-state index in [1.54, 1.807) is 6.92 Å². The Morgan fingerprint density at radius 2 is 2.33 bits per heavy atom. The van der Waals surface area contributed by atoms with Crippen molar-refractivity contribution in [2.75, 3.05) is 5.32 Å². The number of H-pyrrole nitrogens is 1. The van der Waals surface area contributed by atoms with Crippen LogP contribution in [0.1, 0.15) is 5.56 Å². The second-order valence-corrected chi connectivity index (χ2v) is 2.33. The van der Waals surface area contributed by atoms with E-state index in [0.717, 1.165) is 0 Å². The van der Waals surface area contributed by atoms with Gasteiger partial charge in [0.25, 0.3) is 5.56 Å². The predicted octanol–water partition coefficient (Wildman–Crippen LogP) is 0.773. The van der Waals surface area contributed by atoms with Crippen molar-refractivity contribution in [1.29, 1.82) is 0 Å². The largest absolute Gasteiger partial charge is 0.465 e. The monoisotopic (exact) mass is 168 g/mol. The Morgan fingerprint density at radius 3 is 2.83 bits per heavy atom. The Morgan fingerprint density at radius 1 is 1.67 bits per heavy atom. The first kappa shape index (κ1) is 8.32. The van der Waals surface area contributed by atoms with E-state index in [1.807, 2.05) is 0 Å². The van der Waals surface area contributed by atoms with Crippen LogP contribution < -0.4 is 10.9 Å². The lowest BCUT2D eigenvalue weighted by Crippen LogP contribution is -2.12. The minimum atomic E-state index is -1.15. The van der Waals surface area contributed by atoms with E-state index < -0.39 is 6.09 Å². The van der Waals surface area contributed by atoms with Crippen LogP contribution in [-0.2, 0) is 0 Å². The molecule has 5 nitrogen and oxygen atoms in total. The molecule has 0 aromatic carbocycles. The number of hydrogen-bond acceptors (Lipinski definition) is 2. The zero-order chi connectivity index (χ0) is 9.14. The quantitative estimate of drug-likeness (QED) is 0.579. The zero-order valence-electron chi connectivity index (χ0n) is 6.42. The van der Waals surface area contributed by atoms with E-state index in [-0.39, 0.29) is 5.56 Å². The fraction of sp³-hybridized carbons (Fsp3) is 0.143. The maximum absolute atomic E-state index is 10.8. The Labute approximate surface area is 68.0 Å². The van der Waals surface area contributed by atoms with Crippen molar-refractivity contribution in [3.8, 4) is 0 Å². The molecule has 3 N–H and O–H groups in total. The van der Waals surface area contributed by atoms with Gasteiger partial charge >= 0.3 is 6.09 Å². The van der Waals surface area contributed by atoms with E-state index >= 15 is 0 Å². The molecule has 0 aliphatic rings. The van der Waals surface area contributed by atoms with E-state index in [4.69, 9.17) is 5.11 Å². The van der Waals surface area contributed by atoms with Crippen molar-refractivity contribution in [1.82, 2.24) is 4.98 Å². The van der Waals surface area contributed by atoms with Crippen LogP contribution in [0, 0.1) is 6.92 Å². The topological polar surface area (TPSA) is 82.2 Å². The summed E-state index contributed by atoms with van der Waals surface area (Å²) in [5, 5.41) is 10.4. The van der Waals surface area contributed by atoms with Crippen molar-refractivity contribution in [2.24, 2.45) is 0 Å². The lowest BCUT2D eigenvalue weighted by Gasteiger charge is -1.99. The summed E-state index contributed by atoms with van der Waals surface area (Å²) in [5.74, 6) is 0. The smallest absolute Gasteiger partial charge is 0.409 e. The highest BCUT2D eigenvalue weighted by atomic mass is 16.4. The van der Waals surface area contributed by atoms with E-state index in [9.17, 15) is 9.59 Å². The van der Waals surface area contributed by atoms with Gasteiger partial charge in [0.05, 0.1) is 5.69 Å². The number of carbonyl (C=O) groups is 1. The molecule has 0 saturated heterocycles. The van der Waals surface area contributed by atoms with Crippen LogP contribution in [-0.4, -0.2) is 16.2 Å². The summed E-state index contributed by atoms with van der Waals surface area (Å²) in [7, 11) is 0. The molecule has 0 spiro atoms. The molecule has 0 radical (unpaired) electrons. The van der Waals surface area contributed by atoms with Crippen molar-refractivity contribution < 1.29 is 9.90 Å². The highest BCUT2D eigenvalue weighted by Gasteiger charge is 1.99. The molecule has 12 heavy (non-hydrogen) atoms. The molecule has 0 atom stereocenters. The third-order valence-electron chi connectivity index (χ3n) is 1.34. The predicted molar refractivity (Wildman–Crippen MR) is 43.4 cm³/mol. The third-order valence-corrected chi connectivity index (χ3v) is 1.34. The second kappa shape index (κ2) is 3.08. The summed E-state index contributed by atoms with van der Waals surface area (Å²) in [5.41, 5.74) is 0.617. The molecular formula is C7H8N2O3. The summed E-state index contributed by atoms with van der Waals surface area (Å²) < 4.78 is 0. The molecule has 5 heteroatoms. The molecule has 1 amide bonds. The van der Waals surface area contributed by atoms with Crippen LogP contribution in [0.2, 0.25) is 0 Å². The Bertz CT molecular complexity index is 356. The molecule has 0 aliphatic carbocycles. The molecule has 0 saturated carbocycles. The van der Waals surface area contributed by atoms with Gasteiger partial charge in [-0.25, -0.2) is 4.79 Å². The van der Waals surface area contributed by atoms with Crippen molar-refractivity contribution in [3.63, 3.8) is 0 Å². The van der Waals surface area contributed by atoms with Gasteiger partial charge in [-0.15, -0.1) is 0 Å². The highest BCUT2D eigenvalue weighted by molar-refractivity contribution is 5.82. The van der Waals surface area contributed by atoms with Crippen LogP contribution in [0.25, 0.3) is 0 Å². The fourth-order valence-electron chi connectivity index (χ4n) is 0.793. The summed E-state index contributed by atoms with van der Waals surface area (Å²) in [4.78, 5) is 23.4. The first-order valence-electron chi connectivity index (χ1n) is 3.29. The highest BCUT2D eigenvalue weighted by Crippen LogP contribution is 2.03. The second-order valence-electron chi connectivity index (χ2n) is 2.33. The number of anilines is 1. The normalized spacial score (nSPS) is 9.42. The van der Waals surface area contributed by atoms with Crippen molar-refractivity contribution in [3.05, 3.63) is 28.2 Å². The van der Waals surface area contributed by atoms with Gasteiger partial charge in [-0.3, -0.25) is 10.1 Å². The standard InChI is InChI=1S/C7H8N2O3/c1-4-2-5(9-7(11)12)3-8-6(4)10/h2-3,9H,1H3,(H,8,10)(H,11,12). The van der Waals surface area contributed by atoms with Gasteiger partial charge in [-0.05, 0) is 13.0 Å². The number of nitrogens with one attached hydrogen (secondary N) is 2. The molecular weight excluding hydrogens is 160 g/mol. The summed E-state index contributed by atoms with van der Waals surface area (Å²) in [6.07, 6.45) is 0.158. The maximum atomic E-state index is 10.8. The average molecular weight is 168 g/mol. The lowest BCUT2D eigenvalue weighted by molar-refractivity contribution is 0.209. The fourth-order valence-corrected chi connectivity index (χ4v) is 0.793. The van der Waals surface area contributed by atoms with Gasteiger partial charge < -0.3 is 10.1 Å². The molecule has 1 heterocycles. The van der Waals surface area contributed by atoms with Gasteiger partial charge in [0.2, 0.25) is 0 Å². The van der Waals surface area contributed by atoms with E-state index in [2.05, 4.69) is 10.3 Å². The number of hydrogen-bond donors (Lipinski definition) is 3. The minimum absolute atomic E-state index is 0.217. The Kier molecular flexibility index (Phi) is 2.14. The molecule has 1 aromatic rings. The van der Waals surface area contributed by atoms with Crippen LogP contribution >= 0.6 is 0 Å². The summed E-state index contributed by atoms with van der Waals surface area (Å²) in [6.45, 7) is 1.60. The number of pyridine rings is 1. The number of carboxylic acid groups (broad SMARTS) is 1. The van der Waals surface area contributed by atoms with Crippen molar-refractivity contribution in [2.45, 2.75) is 6.92 Å². The lowest BCUT2D eigenvalue weighted by atomic mass is 10.3. The number of aromatic amines is 1. The van der Waals surface area contributed by atoms with Gasteiger partial charge in [-0.1, -0.05) is 0 Å². The first-order chi connectivity index (χ1) is 5.59. The van der Waals surface area contributed by atoms with E-state index in [1.165, 1.54) is 12.3 Å².